The highest BCUT2D eigenvalue weighted by molar-refractivity contribution is 6.34. The third-order valence-electron chi connectivity index (χ3n) is 1.38. The fraction of sp³-hybridized carbons (Fsp3) is 0.667. The van der Waals surface area contributed by atoms with Gasteiger partial charge >= 0.3 is 5.97 Å². The van der Waals surface area contributed by atoms with Crippen LogP contribution >= 0.6 is 0 Å². The summed E-state index contributed by atoms with van der Waals surface area (Å²) in [6, 6.07) is 0. The summed E-state index contributed by atoms with van der Waals surface area (Å²) in [5, 5.41) is 42.8. The fourth-order valence-corrected chi connectivity index (χ4v) is 0.600. The van der Waals surface area contributed by atoms with Crippen molar-refractivity contribution in [2.45, 2.75) is 18.3 Å². The number of carbonyl (C=O) groups excluding carboxylic acids is 1. The number of ketones is 1. The molecule has 1 unspecified atom stereocenters. The lowest BCUT2D eigenvalue weighted by atomic mass is 10.1. The molecule has 7 N–H and O–H groups in total. The SMILES string of the molecule is O.O=C(O)C(=O)[C@H](O)C(O)[C@H](O)CO. The van der Waals surface area contributed by atoms with Gasteiger partial charge in [0.25, 0.3) is 5.78 Å². The fourth-order valence-electron chi connectivity index (χ4n) is 0.600. The van der Waals surface area contributed by atoms with Crippen molar-refractivity contribution in [3.63, 3.8) is 0 Å². The van der Waals surface area contributed by atoms with Crippen molar-refractivity contribution >= 4 is 11.8 Å². The van der Waals surface area contributed by atoms with E-state index in [0.29, 0.717) is 0 Å². The Hall–Kier alpha value is -1.06. The molecule has 0 aromatic rings. The smallest absolute Gasteiger partial charge is 0.375 e. The average molecular weight is 212 g/mol. The normalized spacial score (nSPS) is 16.3. The minimum absolute atomic E-state index is 0. The monoisotopic (exact) mass is 212 g/mol. The Balaban J connectivity index is 0. The summed E-state index contributed by atoms with van der Waals surface area (Å²) in [5.74, 6) is -3.56. The molecule has 0 aliphatic heterocycles. The van der Waals surface area contributed by atoms with Crippen LogP contribution in [0.25, 0.3) is 0 Å². The highest BCUT2D eigenvalue weighted by Crippen LogP contribution is 2.01. The van der Waals surface area contributed by atoms with Crippen LogP contribution in [0.15, 0.2) is 0 Å². The van der Waals surface area contributed by atoms with Gasteiger partial charge in [-0.25, -0.2) is 4.79 Å². The van der Waals surface area contributed by atoms with Gasteiger partial charge in [-0.2, -0.15) is 0 Å². The molecule has 0 rings (SSSR count). The van der Waals surface area contributed by atoms with Gasteiger partial charge in [0, 0.05) is 0 Å². The lowest BCUT2D eigenvalue weighted by Crippen LogP contribution is -2.46. The highest BCUT2D eigenvalue weighted by Gasteiger charge is 2.33. The van der Waals surface area contributed by atoms with E-state index in [1.54, 1.807) is 0 Å². The van der Waals surface area contributed by atoms with Crippen LogP contribution in [0.2, 0.25) is 0 Å². The third kappa shape index (κ3) is 3.77. The van der Waals surface area contributed by atoms with Crippen LogP contribution < -0.4 is 0 Å². The summed E-state index contributed by atoms with van der Waals surface area (Å²) in [4.78, 5) is 20.5. The Bertz CT molecular complexity index is 202. The summed E-state index contributed by atoms with van der Waals surface area (Å²) in [7, 11) is 0. The van der Waals surface area contributed by atoms with E-state index < -0.39 is 36.7 Å². The predicted octanol–water partition coefficient (Wildman–Crippen LogP) is -4.11. The number of hydrogen-bond donors (Lipinski definition) is 5. The number of aliphatic hydroxyl groups is 4. The average Bonchev–Trinajstić information content (AvgIpc) is 2.12. The van der Waals surface area contributed by atoms with Crippen LogP contribution in [-0.4, -0.2) is 67.7 Å². The summed E-state index contributed by atoms with van der Waals surface area (Å²) < 4.78 is 0. The van der Waals surface area contributed by atoms with E-state index in [1.807, 2.05) is 0 Å². The van der Waals surface area contributed by atoms with Gasteiger partial charge in [0.1, 0.15) is 12.2 Å². The Morgan fingerprint density at radius 2 is 1.57 bits per heavy atom. The molecule has 0 heterocycles. The van der Waals surface area contributed by atoms with Crippen LogP contribution in [0.1, 0.15) is 0 Å². The molecule has 0 saturated heterocycles. The highest BCUT2D eigenvalue weighted by atomic mass is 16.4. The minimum atomic E-state index is -2.24. The van der Waals surface area contributed by atoms with Crippen molar-refractivity contribution in [1.82, 2.24) is 0 Å². The molecule has 0 aliphatic rings. The van der Waals surface area contributed by atoms with E-state index in [-0.39, 0.29) is 5.48 Å². The van der Waals surface area contributed by atoms with E-state index in [2.05, 4.69) is 0 Å². The molecule has 0 saturated carbocycles. The van der Waals surface area contributed by atoms with Gasteiger partial charge in [-0.3, -0.25) is 4.79 Å². The molecule has 0 radical (unpaired) electrons. The van der Waals surface area contributed by atoms with Crippen molar-refractivity contribution in [3.05, 3.63) is 0 Å². The van der Waals surface area contributed by atoms with E-state index >= 15 is 0 Å². The second kappa shape index (κ2) is 6.40. The Morgan fingerprint density at radius 3 is 1.86 bits per heavy atom. The molecular formula is C6H12O8. The zero-order valence-electron chi connectivity index (χ0n) is 6.99. The third-order valence-corrected chi connectivity index (χ3v) is 1.38. The Morgan fingerprint density at radius 1 is 1.14 bits per heavy atom. The number of carboxylic acid groups (broad SMARTS) is 1. The zero-order valence-corrected chi connectivity index (χ0v) is 6.99. The molecule has 84 valence electrons. The molecule has 14 heavy (non-hydrogen) atoms. The van der Waals surface area contributed by atoms with Gasteiger partial charge in [-0.1, -0.05) is 0 Å². The number of aliphatic carboxylic acids is 1. The molecule has 0 aliphatic carbocycles. The standard InChI is InChI=1S/C6H10O7.H2O/c7-1-2(8)3(9)4(10)5(11)6(12)13;/h2-4,7-10H,1H2,(H,12,13);1H2/t2-,3?,4-;/m1./s1. The maximum atomic E-state index is 10.5. The molecule has 0 amide bonds. The van der Waals surface area contributed by atoms with Crippen molar-refractivity contribution in [2.24, 2.45) is 0 Å². The number of rotatable bonds is 5. The van der Waals surface area contributed by atoms with Crippen molar-refractivity contribution < 1.29 is 40.6 Å². The first-order chi connectivity index (χ1) is 5.91. The number of carbonyl (C=O) groups is 2. The van der Waals surface area contributed by atoms with Gasteiger partial charge in [0.15, 0.2) is 6.10 Å². The number of hydrogen-bond acceptors (Lipinski definition) is 6. The minimum Gasteiger partial charge on any atom is -0.475 e. The number of Topliss-reactive ketones (excluding diaryl/α,β-unsaturated/α-hetero) is 1. The first kappa shape index (κ1) is 15.4. The predicted molar refractivity (Wildman–Crippen MR) is 41.4 cm³/mol. The Labute approximate surface area is 78.3 Å². The summed E-state index contributed by atoms with van der Waals surface area (Å²) in [6.45, 7) is -0.884. The molecular weight excluding hydrogens is 200 g/mol. The first-order valence-electron chi connectivity index (χ1n) is 3.34. The molecule has 8 nitrogen and oxygen atoms in total. The van der Waals surface area contributed by atoms with Crippen LogP contribution in [0.4, 0.5) is 0 Å². The van der Waals surface area contributed by atoms with Gasteiger partial charge in [-0.15, -0.1) is 0 Å². The summed E-state index contributed by atoms with van der Waals surface area (Å²) in [6.07, 6.45) is -5.99. The zero-order chi connectivity index (χ0) is 10.6. The van der Waals surface area contributed by atoms with Crippen molar-refractivity contribution in [3.8, 4) is 0 Å². The second-order valence-corrected chi connectivity index (χ2v) is 2.35. The summed E-state index contributed by atoms with van der Waals surface area (Å²) in [5.41, 5.74) is 0. The van der Waals surface area contributed by atoms with E-state index in [0.717, 1.165) is 0 Å². The van der Waals surface area contributed by atoms with Crippen LogP contribution in [0.5, 0.6) is 0 Å². The van der Waals surface area contributed by atoms with Crippen molar-refractivity contribution in [2.75, 3.05) is 6.61 Å². The molecule has 0 aromatic heterocycles. The molecule has 0 fully saturated rings. The molecule has 0 bridgehead atoms. The lowest BCUT2D eigenvalue weighted by molar-refractivity contribution is -0.159. The Kier molecular flexibility index (Phi) is 7.05. The van der Waals surface area contributed by atoms with Gasteiger partial charge in [-0.05, 0) is 0 Å². The maximum absolute atomic E-state index is 10.5. The van der Waals surface area contributed by atoms with Gasteiger partial charge in [0.05, 0.1) is 6.61 Å². The number of carboxylic acids is 1. The quantitative estimate of drug-likeness (QED) is 0.288. The molecule has 8 heteroatoms. The molecule has 3 atom stereocenters. The van der Waals surface area contributed by atoms with Crippen LogP contribution in [0.3, 0.4) is 0 Å². The number of aliphatic hydroxyl groups excluding tert-OH is 4. The van der Waals surface area contributed by atoms with E-state index in [4.69, 9.17) is 25.5 Å². The van der Waals surface area contributed by atoms with Crippen molar-refractivity contribution in [1.29, 1.82) is 0 Å². The summed E-state index contributed by atoms with van der Waals surface area (Å²) >= 11 is 0. The van der Waals surface area contributed by atoms with Gasteiger partial charge < -0.3 is 31.0 Å². The van der Waals surface area contributed by atoms with E-state index in [1.165, 1.54) is 0 Å². The molecule has 0 aromatic carbocycles. The lowest BCUT2D eigenvalue weighted by Gasteiger charge is -2.18. The van der Waals surface area contributed by atoms with E-state index in [9.17, 15) is 9.59 Å². The topological polar surface area (TPSA) is 167 Å². The maximum Gasteiger partial charge on any atom is 0.375 e. The largest absolute Gasteiger partial charge is 0.475 e. The van der Waals surface area contributed by atoms with Crippen LogP contribution in [-0.2, 0) is 9.59 Å². The van der Waals surface area contributed by atoms with Gasteiger partial charge in [0.2, 0.25) is 0 Å². The van der Waals surface area contributed by atoms with Crippen LogP contribution in [0, 0.1) is 0 Å². The molecule has 0 spiro atoms. The first-order valence-corrected chi connectivity index (χ1v) is 3.34. The second-order valence-electron chi connectivity index (χ2n) is 2.35.